The van der Waals surface area contributed by atoms with E-state index in [9.17, 15) is 4.79 Å². The van der Waals surface area contributed by atoms with Crippen LogP contribution in [-0.2, 0) is 22.2 Å². The predicted octanol–water partition coefficient (Wildman–Crippen LogP) is 7.85. The van der Waals surface area contributed by atoms with Gasteiger partial charge >= 0.3 is 0 Å². The number of nitrogens with zero attached hydrogens (tertiary/aromatic N) is 2. The van der Waals surface area contributed by atoms with Crippen molar-refractivity contribution in [1.29, 1.82) is 0 Å². The molecule has 2 heterocycles. The van der Waals surface area contributed by atoms with Crippen LogP contribution in [0.2, 0.25) is 18.1 Å². The number of hydrogen-bond donors (Lipinski definition) is 0. The lowest BCUT2D eigenvalue weighted by Gasteiger charge is -2.38. The van der Waals surface area contributed by atoms with Gasteiger partial charge in [-0.1, -0.05) is 81.4 Å². The minimum absolute atomic E-state index is 0.0560. The smallest absolute Gasteiger partial charge is 0.227 e. The largest absolute Gasteiger partial charge is 0.489 e. The predicted molar refractivity (Wildman–Crippen MR) is 176 cm³/mol. The van der Waals surface area contributed by atoms with Gasteiger partial charge < -0.3 is 18.5 Å². The van der Waals surface area contributed by atoms with E-state index in [4.69, 9.17) is 13.6 Å². The third kappa shape index (κ3) is 7.58. The average molecular weight is 599 g/mol. The summed E-state index contributed by atoms with van der Waals surface area (Å²) in [5, 5.41) is 1.16. The Hall–Kier alpha value is -3.39. The van der Waals surface area contributed by atoms with Gasteiger partial charge in [0.2, 0.25) is 5.91 Å². The average Bonchev–Trinajstić information content (AvgIpc) is 3.60. The summed E-state index contributed by atoms with van der Waals surface area (Å²) in [5.74, 6) is 0.856. The van der Waals surface area contributed by atoms with Crippen LogP contribution in [0.25, 0.3) is 11.0 Å². The van der Waals surface area contributed by atoms with Gasteiger partial charge in [0.25, 0.3) is 0 Å². The molecular weight excluding hydrogens is 552 g/mol. The number of para-hydroxylation sites is 1. The lowest BCUT2D eigenvalue weighted by molar-refractivity contribution is -0.131. The minimum atomic E-state index is -1.86. The number of benzene rings is 3. The second kappa shape index (κ2) is 13.1. The molecule has 1 aliphatic heterocycles. The quantitative estimate of drug-likeness (QED) is 0.165. The molecule has 0 aliphatic carbocycles. The molecule has 2 atom stereocenters. The maximum atomic E-state index is 13.8. The number of fused-ring (bicyclic) bond motifs is 1. The molecule has 6 nitrogen and oxygen atoms in total. The van der Waals surface area contributed by atoms with Gasteiger partial charge in [0.05, 0.1) is 24.8 Å². The van der Waals surface area contributed by atoms with Gasteiger partial charge in [-0.25, -0.2) is 0 Å². The topological polar surface area (TPSA) is 55.2 Å². The number of carbonyl (C=O) groups is 1. The minimum Gasteiger partial charge on any atom is -0.489 e. The van der Waals surface area contributed by atoms with Gasteiger partial charge in [-0.05, 0) is 53.9 Å². The summed E-state index contributed by atoms with van der Waals surface area (Å²) < 4.78 is 18.7. The molecule has 3 aromatic carbocycles. The first-order valence-electron chi connectivity index (χ1n) is 15.4. The maximum absolute atomic E-state index is 13.8. The molecule has 0 bridgehead atoms. The number of ether oxygens (including phenoxy) is 1. The summed E-state index contributed by atoms with van der Waals surface area (Å²) in [6.07, 6.45) is 3.23. The third-order valence-corrected chi connectivity index (χ3v) is 13.7. The van der Waals surface area contributed by atoms with Crippen LogP contribution in [0.1, 0.15) is 49.9 Å². The molecular formula is C36H46N2O4Si. The molecule has 0 unspecified atom stereocenters. The van der Waals surface area contributed by atoms with E-state index in [1.165, 1.54) is 0 Å². The highest BCUT2D eigenvalue weighted by molar-refractivity contribution is 6.74. The number of amides is 1. The van der Waals surface area contributed by atoms with Crippen molar-refractivity contribution in [3.63, 3.8) is 0 Å². The Morgan fingerprint density at radius 3 is 2.56 bits per heavy atom. The van der Waals surface area contributed by atoms with Crippen LogP contribution in [0.5, 0.6) is 5.75 Å². The fraction of sp³-hybridized carbons (Fsp3) is 0.417. The maximum Gasteiger partial charge on any atom is 0.227 e. The molecule has 43 heavy (non-hydrogen) atoms. The lowest BCUT2D eigenvalue weighted by atomic mass is 10.0. The van der Waals surface area contributed by atoms with Crippen molar-refractivity contribution in [2.24, 2.45) is 0 Å². The normalized spacial score (nSPS) is 16.8. The van der Waals surface area contributed by atoms with E-state index < -0.39 is 8.32 Å². The van der Waals surface area contributed by atoms with Gasteiger partial charge in [-0.3, -0.25) is 9.69 Å². The van der Waals surface area contributed by atoms with Crippen molar-refractivity contribution in [3.8, 4) is 5.75 Å². The summed E-state index contributed by atoms with van der Waals surface area (Å²) in [7, 11) is 0.0595. The molecule has 0 saturated carbocycles. The summed E-state index contributed by atoms with van der Waals surface area (Å²) in [5.41, 5.74) is 3.90. The molecule has 1 aliphatic rings. The van der Waals surface area contributed by atoms with Crippen LogP contribution in [0.4, 0.5) is 0 Å². The SMILES string of the molecule is CN(C(=O)Cc1coc2ccccc12)[C@H](CN1CC[C@H](O[Si](C)(C)C(C)(C)C)C1)c1cccc(OCc2ccccc2)c1. The van der Waals surface area contributed by atoms with Crippen molar-refractivity contribution in [2.75, 3.05) is 26.7 Å². The van der Waals surface area contributed by atoms with Gasteiger partial charge in [-0.2, -0.15) is 0 Å². The fourth-order valence-electron chi connectivity index (χ4n) is 5.53. The van der Waals surface area contributed by atoms with E-state index in [1.54, 1.807) is 6.26 Å². The Balaban J connectivity index is 1.34. The van der Waals surface area contributed by atoms with Crippen LogP contribution in [-0.4, -0.2) is 56.8 Å². The number of likely N-dealkylation sites (tertiary alicyclic amines) is 1. The molecule has 0 N–H and O–H groups in total. The summed E-state index contributed by atoms with van der Waals surface area (Å²) in [4.78, 5) is 18.2. The first kappa shape index (κ1) is 31.0. The Bertz CT molecular complexity index is 1510. The van der Waals surface area contributed by atoms with Crippen molar-refractivity contribution >= 4 is 25.2 Å². The molecule has 4 aromatic rings. The molecule has 0 radical (unpaired) electrons. The Morgan fingerprint density at radius 2 is 1.79 bits per heavy atom. The zero-order valence-corrected chi connectivity index (χ0v) is 27.5. The zero-order chi connectivity index (χ0) is 30.6. The fourth-order valence-corrected chi connectivity index (χ4v) is 6.91. The highest BCUT2D eigenvalue weighted by Gasteiger charge is 2.41. The van der Waals surface area contributed by atoms with E-state index in [2.05, 4.69) is 63.0 Å². The number of likely N-dealkylation sites (N-methyl/N-ethyl adjacent to an activating group) is 1. The second-order valence-corrected chi connectivity index (χ2v) is 18.1. The van der Waals surface area contributed by atoms with Crippen molar-refractivity contribution in [1.82, 2.24) is 9.80 Å². The summed E-state index contributed by atoms with van der Waals surface area (Å²) in [6.45, 7) is 14.6. The second-order valence-electron chi connectivity index (χ2n) is 13.3. The molecule has 1 saturated heterocycles. The van der Waals surface area contributed by atoms with E-state index >= 15 is 0 Å². The monoisotopic (exact) mass is 598 g/mol. The number of rotatable bonds is 11. The molecule has 5 rings (SSSR count). The van der Waals surface area contributed by atoms with Crippen molar-refractivity contribution in [3.05, 3.63) is 102 Å². The lowest BCUT2D eigenvalue weighted by Crippen LogP contribution is -2.45. The number of furan rings is 1. The summed E-state index contributed by atoms with van der Waals surface area (Å²) >= 11 is 0. The van der Waals surface area contributed by atoms with Gasteiger partial charge in [0.15, 0.2) is 8.32 Å². The number of carbonyl (C=O) groups excluding carboxylic acids is 1. The van der Waals surface area contributed by atoms with Crippen LogP contribution in [0.15, 0.2) is 89.5 Å². The van der Waals surface area contributed by atoms with E-state index in [0.29, 0.717) is 6.61 Å². The first-order valence-corrected chi connectivity index (χ1v) is 18.3. The van der Waals surface area contributed by atoms with Crippen LogP contribution >= 0.6 is 0 Å². The highest BCUT2D eigenvalue weighted by Crippen LogP contribution is 2.38. The third-order valence-electron chi connectivity index (χ3n) is 9.18. The molecule has 0 spiro atoms. The van der Waals surface area contributed by atoms with Gasteiger partial charge in [0.1, 0.15) is 17.9 Å². The Labute approximate surface area is 257 Å². The molecule has 7 heteroatoms. The van der Waals surface area contributed by atoms with Crippen molar-refractivity contribution < 1.29 is 18.4 Å². The van der Waals surface area contributed by atoms with Crippen molar-refractivity contribution in [2.45, 2.75) is 70.5 Å². The Morgan fingerprint density at radius 1 is 1.05 bits per heavy atom. The zero-order valence-electron chi connectivity index (χ0n) is 26.5. The van der Waals surface area contributed by atoms with E-state index in [0.717, 1.165) is 59.5 Å². The Kier molecular flexibility index (Phi) is 9.44. The number of hydrogen-bond acceptors (Lipinski definition) is 5. The molecule has 1 amide bonds. The molecule has 1 fully saturated rings. The van der Waals surface area contributed by atoms with Crippen LogP contribution in [0, 0.1) is 0 Å². The standard InChI is InChI=1S/C36H46N2O4Si/c1-36(2,3)43(5,6)42-31-19-20-38(23-31)24-33(28-15-12-16-30(21-28)40-25-27-13-8-7-9-14-27)37(4)35(39)22-29-26-41-34-18-11-10-17-32(29)34/h7-18,21,26,31,33H,19-20,22-25H2,1-6H3/t31-,33+/m0/s1. The highest BCUT2D eigenvalue weighted by atomic mass is 28.4. The van der Waals surface area contributed by atoms with Crippen LogP contribution in [0.3, 0.4) is 0 Å². The van der Waals surface area contributed by atoms with E-state index in [1.807, 2.05) is 66.5 Å². The van der Waals surface area contributed by atoms with Gasteiger partial charge in [-0.15, -0.1) is 0 Å². The van der Waals surface area contributed by atoms with Gasteiger partial charge in [0, 0.05) is 37.6 Å². The van der Waals surface area contributed by atoms with E-state index in [-0.39, 0.29) is 29.5 Å². The summed E-state index contributed by atoms with van der Waals surface area (Å²) in [6, 6.07) is 26.1. The molecule has 1 aromatic heterocycles. The van der Waals surface area contributed by atoms with Crippen LogP contribution < -0.4 is 4.74 Å². The molecule has 228 valence electrons. The first-order chi connectivity index (χ1) is 20.5.